The van der Waals surface area contributed by atoms with Crippen molar-refractivity contribution in [2.45, 2.75) is 117 Å². The van der Waals surface area contributed by atoms with Gasteiger partial charge in [0.1, 0.15) is 0 Å². The van der Waals surface area contributed by atoms with Crippen LogP contribution in [0.15, 0.2) is 12.2 Å². The number of rotatable bonds is 14. The van der Waals surface area contributed by atoms with E-state index in [4.69, 9.17) is 4.74 Å². The van der Waals surface area contributed by atoms with E-state index in [2.05, 4.69) is 6.92 Å². The minimum absolute atomic E-state index is 0.0249. The summed E-state index contributed by atoms with van der Waals surface area (Å²) in [7, 11) is 0. The largest absolute Gasteiger partial charge is 0.460 e. The molecule has 0 amide bonds. The Morgan fingerprint density at radius 3 is 2.20 bits per heavy atom. The fourth-order valence-electron chi connectivity index (χ4n) is 4.18. The Bertz CT molecular complexity index is 359. The van der Waals surface area contributed by atoms with Gasteiger partial charge in [-0.1, -0.05) is 90.0 Å². The quantitative estimate of drug-likeness (QED) is 0.188. The van der Waals surface area contributed by atoms with Gasteiger partial charge in [-0.2, -0.15) is 0 Å². The van der Waals surface area contributed by atoms with E-state index in [0.29, 0.717) is 0 Å². The predicted octanol–water partition coefficient (Wildman–Crippen LogP) is 7.22. The molecule has 0 radical (unpaired) electrons. The SMILES string of the molecule is CCCCCCCC[C@H]1CCC[C@@H]1CCCCC=CC(=O)OC(C)C. The standard InChI is InChI=1S/C23H42O2/c1-4-5-6-7-8-11-15-21-17-14-18-22(21)16-12-9-10-13-19-23(24)25-20(2)3/h13,19-22H,4-12,14-18H2,1-3H3/t21-,22-/m0/s1. The second-order valence-corrected chi connectivity index (χ2v) is 8.18. The number of allylic oxidation sites excluding steroid dienone is 1. The summed E-state index contributed by atoms with van der Waals surface area (Å²) in [5.74, 6) is 1.78. The van der Waals surface area contributed by atoms with Crippen LogP contribution in [0.5, 0.6) is 0 Å². The van der Waals surface area contributed by atoms with Crippen LogP contribution in [0.25, 0.3) is 0 Å². The van der Waals surface area contributed by atoms with E-state index in [1.807, 2.05) is 19.9 Å². The maximum absolute atomic E-state index is 11.4. The van der Waals surface area contributed by atoms with Crippen molar-refractivity contribution in [2.75, 3.05) is 0 Å². The Kier molecular flexibility index (Phi) is 12.8. The molecule has 0 bridgehead atoms. The molecule has 2 atom stereocenters. The second kappa shape index (κ2) is 14.4. The van der Waals surface area contributed by atoms with Gasteiger partial charge in [-0.25, -0.2) is 4.79 Å². The second-order valence-electron chi connectivity index (χ2n) is 8.18. The highest BCUT2D eigenvalue weighted by molar-refractivity contribution is 5.81. The van der Waals surface area contributed by atoms with Crippen LogP contribution < -0.4 is 0 Å². The van der Waals surface area contributed by atoms with Gasteiger partial charge in [-0.15, -0.1) is 0 Å². The van der Waals surface area contributed by atoms with Gasteiger partial charge in [0.25, 0.3) is 0 Å². The minimum atomic E-state index is -0.204. The van der Waals surface area contributed by atoms with E-state index >= 15 is 0 Å². The fraction of sp³-hybridized carbons (Fsp3) is 0.870. The third kappa shape index (κ3) is 11.4. The predicted molar refractivity (Wildman–Crippen MR) is 108 cm³/mol. The summed E-state index contributed by atoms with van der Waals surface area (Å²) in [4.78, 5) is 11.4. The first kappa shape index (κ1) is 22.3. The van der Waals surface area contributed by atoms with Crippen LogP contribution in [0.2, 0.25) is 0 Å². The topological polar surface area (TPSA) is 26.3 Å². The molecule has 25 heavy (non-hydrogen) atoms. The Morgan fingerprint density at radius 1 is 0.960 bits per heavy atom. The van der Waals surface area contributed by atoms with Crippen LogP contribution >= 0.6 is 0 Å². The lowest BCUT2D eigenvalue weighted by molar-refractivity contribution is -0.141. The van der Waals surface area contributed by atoms with Gasteiger partial charge in [-0.05, 0) is 38.5 Å². The van der Waals surface area contributed by atoms with Crippen LogP contribution in [0, 0.1) is 11.8 Å². The highest BCUT2D eigenvalue weighted by Gasteiger charge is 2.25. The van der Waals surface area contributed by atoms with Crippen molar-refractivity contribution >= 4 is 5.97 Å². The normalized spacial score (nSPS) is 20.6. The zero-order valence-corrected chi connectivity index (χ0v) is 17.1. The first-order valence-corrected chi connectivity index (χ1v) is 11.0. The van der Waals surface area contributed by atoms with Gasteiger partial charge in [0.05, 0.1) is 6.10 Å². The molecule has 0 saturated heterocycles. The van der Waals surface area contributed by atoms with E-state index < -0.39 is 0 Å². The number of carbonyl (C=O) groups is 1. The van der Waals surface area contributed by atoms with E-state index in [9.17, 15) is 4.79 Å². The molecule has 146 valence electrons. The van der Waals surface area contributed by atoms with Crippen LogP contribution in [-0.4, -0.2) is 12.1 Å². The summed E-state index contributed by atoms with van der Waals surface area (Å²) in [6.45, 7) is 6.06. The lowest BCUT2D eigenvalue weighted by Crippen LogP contribution is -2.08. The molecule has 0 aromatic heterocycles. The Hall–Kier alpha value is -0.790. The van der Waals surface area contributed by atoms with Gasteiger partial charge >= 0.3 is 5.97 Å². The first-order valence-electron chi connectivity index (χ1n) is 11.0. The summed E-state index contributed by atoms with van der Waals surface area (Å²) in [6.07, 6.45) is 22.8. The molecule has 0 aliphatic heterocycles. The van der Waals surface area contributed by atoms with E-state index in [0.717, 1.165) is 18.3 Å². The minimum Gasteiger partial charge on any atom is -0.460 e. The number of carbonyl (C=O) groups excluding carboxylic acids is 1. The number of esters is 1. The van der Waals surface area contributed by atoms with Crippen molar-refractivity contribution in [3.8, 4) is 0 Å². The lowest BCUT2D eigenvalue weighted by atomic mass is 9.87. The van der Waals surface area contributed by atoms with Gasteiger partial charge in [0, 0.05) is 6.08 Å². The molecule has 1 fully saturated rings. The summed E-state index contributed by atoms with van der Waals surface area (Å²) in [5, 5.41) is 0. The molecule has 2 heteroatoms. The molecule has 1 rings (SSSR count). The van der Waals surface area contributed by atoms with Gasteiger partial charge in [0.2, 0.25) is 0 Å². The molecular weight excluding hydrogens is 308 g/mol. The van der Waals surface area contributed by atoms with E-state index in [-0.39, 0.29) is 12.1 Å². The lowest BCUT2D eigenvalue weighted by Gasteiger charge is -2.19. The van der Waals surface area contributed by atoms with Crippen LogP contribution in [-0.2, 0) is 9.53 Å². The van der Waals surface area contributed by atoms with Crippen molar-refractivity contribution in [1.82, 2.24) is 0 Å². The summed E-state index contributed by atoms with van der Waals surface area (Å²) in [6, 6.07) is 0. The van der Waals surface area contributed by atoms with Crippen molar-refractivity contribution in [1.29, 1.82) is 0 Å². The molecule has 0 heterocycles. The highest BCUT2D eigenvalue weighted by Crippen LogP contribution is 2.38. The molecule has 1 aliphatic carbocycles. The summed E-state index contributed by atoms with van der Waals surface area (Å²) in [5.41, 5.74) is 0. The molecule has 0 aromatic carbocycles. The zero-order valence-electron chi connectivity index (χ0n) is 17.1. The third-order valence-electron chi connectivity index (χ3n) is 5.55. The van der Waals surface area contributed by atoms with Crippen molar-refractivity contribution < 1.29 is 9.53 Å². The molecule has 1 aliphatic rings. The number of hydrogen-bond acceptors (Lipinski definition) is 2. The first-order chi connectivity index (χ1) is 12.1. The fourth-order valence-corrected chi connectivity index (χ4v) is 4.18. The number of unbranched alkanes of at least 4 members (excludes halogenated alkanes) is 7. The van der Waals surface area contributed by atoms with Crippen molar-refractivity contribution in [2.24, 2.45) is 11.8 Å². The Balaban J connectivity index is 2.05. The smallest absolute Gasteiger partial charge is 0.330 e. The molecule has 1 saturated carbocycles. The third-order valence-corrected chi connectivity index (χ3v) is 5.55. The van der Waals surface area contributed by atoms with Gasteiger partial charge in [0.15, 0.2) is 0 Å². The maximum atomic E-state index is 11.4. The monoisotopic (exact) mass is 350 g/mol. The summed E-state index contributed by atoms with van der Waals surface area (Å²) < 4.78 is 5.09. The molecule has 0 unspecified atom stereocenters. The van der Waals surface area contributed by atoms with Crippen LogP contribution in [0.4, 0.5) is 0 Å². The van der Waals surface area contributed by atoms with Gasteiger partial charge < -0.3 is 4.74 Å². The number of hydrogen-bond donors (Lipinski definition) is 0. The van der Waals surface area contributed by atoms with Crippen molar-refractivity contribution in [3.05, 3.63) is 12.2 Å². The maximum Gasteiger partial charge on any atom is 0.330 e. The average Bonchev–Trinajstić information content (AvgIpc) is 3.00. The zero-order chi connectivity index (χ0) is 18.3. The summed E-state index contributed by atoms with van der Waals surface area (Å²) >= 11 is 0. The van der Waals surface area contributed by atoms with Gasteiger partial charge in [-0.3, -0.25) is 0 Å². The van der Waals surface area contributed by atoms with E-state index in [1.54, 1.807) is 6.08 Å². The molecule has 0 aromatic rings. The molecular formula is C23H42O2. The Labute approximate surface area is 156 Å². The van der Waals surface area contributed by atoms with Crippen molar-refractivity contribution in [3.63, 3.8) is 0 Å². The molecule has 2 nitrogen and oxygen atoms in total. The van der Waals surface area contributed by atoms with Crippen LogP contribution in [0.1, 0.15) is 111 Å². The molecule has 0 spiro atoms. The van der Waals surface area contributed by atoms with Crippen LogP contribution in [0.3, 0.4) is 0 Å². The van der Waals surface area contributed by atoms with E-state index in [1.165, 1.54) is 83.5 Å². The number of ether oxygens (including phenoxy) is 1. The Morgan fingerprint density at radius 2 is 1.56 bits per heavy atom. The average molecular weight is 351 g/mol. The molecule has 0 N–H and O–H groups in total. The highest BCUT2D eigenvalue weighted by atomic mass is 16.5.